The van der Waals surface area contributed by atoms with Gasteiger partial charge in [-0.3, -0.25) is 0 Å². The Balaban J connectivity index is 1.89. The van der Waals surface area contributed by atoms with E-state index in [0.717, 1.165) is 25.8 Å². The molecule has 0 aromatic carbocycles. The summed E-state index contributed by atoms with van der Waals surface area (Å²) >= 11 is 0. The fraction of sp³-hybridized carbons (Fsp3) is 0.857. The molecule has 2 unspecified atom stereocenters. The fourth-order valence-electron chi connectivity index (χ4n) is 3.30. The Labute approximate surface area is 114 Å². The molecule has 2 N–H and O–H groups in total. The molecule has 5 nitrogen and oxygen atoms in total. The summed E-state index contributed by atoms with van der Waals surface area (Å²) in [5, 5.41) is 0. The number of hydrogen-bond donors (Lipinski definition) is 1. The second-order valence-corrected chi connectivity index (χ2v) is 6.44. The molecule has 1 aliphatic carbocycles. The summed E-state index contributed by atoms with van der Waals surface area (Å²) < 4.78 is 5.91. The van der Waals surface area contributed by atoms with Gasteiger partial charge in [0.1, 0.15) is 11.4 Å². The van der Waals surface area contributed by atoms with Crippen LogP contribution in [-0.2, 0) is 4.74 Å². The molecular weight excluding hydrogens is 242 g/mol. The first-order chi connectivity index (χ1) is 8.99. The maximum atomic E-state index is 12.1. The number of rotatable bonds is 3. The molecule has 2 atom stereocenters. The SMILES string of the molecule is CCC1(C)CC2(CCO1)C(N)=NC(=O)N2CC1CC1. The second-order valence-electron chi connectivity index (χ2n) is 6.44. The number of ether oxygens (including phenoxy) is 1. The number of hydrogen-bond acceptors (Lipinski definition) is 3. The van der Waals surface area contributed by atoms with Crippen molar-refractivity contribution >= 4 is 11.9 Å². The van der Waals surface area contributed by atoms with Gasteiger partial charge < -0.3 is 15.4 Å². The van der Waals surface area contributed by atoms with Crippen LogP contribution in [-0.4, -0.2) is 41.1 Å². The molecule has 0 aromatic heterocycles. The maximum Gasteiger partial charge on any atom is 0.346 e. The fourth-order valence-corrected chi connectivity index (χ4v) is 3.30. The van der Waals surface area contributed by atoms with Gasteiger partial charge in [-0.15, -0.1) is 0 Å². The van der Waals surface area contributed by atoms with Gasteiger partial charge in [-0.25, -0.2) is 4.79 Å². The van der Waals surface area contributed by atoms with Crippen LogP contribution in [0.5, 0.6) is 0 Å². The van der Waals surface area contributed by atoms with Gasteiger partial charge in [-0.2, -0.15) is 4.99 Å². The number of nitrogens with zero attached hydrogens (tertiary/aromatic N) is 2. The molecule has 0 radical (unpaired) electrons. The lowest BCUT2D eigenvalue weighted by Gasteiger charge is -2.48. The van der Waals surface area contributed by atoms with Crippen LogP contribution in [0.25, 0.3) is 0 Å². The van der Waals surface area contributed by atoms with Crippen molar-refractivity contribution < 1.29 is 9.53 Å². The summed E-state index contributed by atoms with van der Waals surface area (Å²) in [4.78, 5) is 18.1. The van der Waals surface area contributed by atoms with E-state index < -0.39 is 0 Å². The van der Waals surface area contributed by atoms with Crippen molar-refractivity contribution in [3.8, 4) is 0 Å². The smallest absolute Gasteiger partial charge is 0.346 e. The summed E-state index contributed by atoms with van der Waals surface area (Å²) in [6.45, 7) is 5.69. The largest absolute Gasteiger partial charge is 0.385 e. The van der Waals surface area contributed by atoms with E-state index in [-0.39, 0.29) is 17.2 Å². The van der Waals surface area contributed by atoms with Crippen LogP contribution in [0.2, 0.25) is 0 Å². The van der Waals surface area contributed by atoms with E-state index in [2.05, 4.69) is 18.8 Å². The quantitative estimate of drug-likeness (QED) is 0.847. The molecule has 2 amide bonds. The highest BCUT2D eigenvalue weighted by molar-refractivity contribution is 6.06. The standard InChI is InChI=1S/C14H23N3O2/c1-3-13(2)9-14(6-7-19-13)11(15)16-12(18)17(14)8-10-4-5-10/h10H,3-9H2,1-2H3,(H2,15,16,18). The molecule has 1 saturated heterocycles. The Morgan fingerprint density at radius 1 is 1.53 bits per heavy atom. The van der Waals surface area contributed by atoms with E-state index in [1.807, 2.05) is 4.90 Å². The van der Waals surface area contributed by atoms with Crippen LogP contribution in [0.15, 0.2) is 4.99 Å². The van der Waals surface area contributed by atoms with Crippen molar-refractivity contribution in [2.24, 2.45) is 16.6 Å². The average molecular weight is 265 g/mol. The predicted octanol–water partition coefficient (Wildman–Crippen LogP) is 1.91. The van der Waals surface area contributed by atoms with Crippen molar-refractivity contribution in [1.82, 2.24) is 4.90 Å². The first-order valence-corrected chi connectivity index (χ1v) is 7.29. The molecule has 1 saturated carbocycles. The molecule has 106 valence electrons. The van der Waals surface area contributed by atoms with Gasteiger partial charge in [0.15, 0.2) is 0 Å². The molecular formula is C14H23N3O2. The third-order valence-corrected chi connectivity index (χ3v) is 4.96. The van der Waals surface area contributed by atoms with Crippen LogP contribution in [0.1, 0.15) is 46.0 Å². The third-order valence-electron chi connectivity index (χ3n) is 4.96. The lowest BCUT2D eigenvalue weighted by Crippen LogP contribution is -2.61. The van der Waals surface area contributed by atoms with E-state index in [0.29, 0.717) is 18.4 Å². The van der Waals surface area contributed by atoms with Gasteiger partial charge in [-0.05, 0) is 32.1 Å². The number of amides is 2. The average Bonchev–Trinajstić information content (AvgIpc) is 3.16. The molecule has 2 fully saturated rings. The lowest BCUT2D eigenvalue weighted by atomic mass is 9.77. The predicted molar refractivity (Wildman–Crippen MR) is 73.1 cm³/mol. The topological polar surface area (TPSA) is 67.9 Å². The van der Waals surface area contributed by atoms with Crippen LogP contribution < -0.4 is 5.73 Å². The number of amidine groups is 1. The van der Waals surface area contributed by atoms with Gasteiger partial charge >= 0.3 is 6.03 Å². The van der Waals surface area contributed by atoms with E-state index in [9.17, 15) is 4.79 Å². The van der Waals surface area contributed by atoms with Gasteiger partial charge in [0.2, 0.25) is 0 Å². The molecule has 19 heavy (non-hydrogen) atoms. The Kier molecular flexibility index (Phi) is 2.85. The first kappa shape index (κ1) is 12.9. The summed E-state index contributed by atoms with van der Waals surface area (Å²) in [5.41, 5.74) is 5.54. The lowest BCUT2D eigenvalue weighted by molar-refractivity contribution is -0.103. The molecule has 5 heteroatoms. The van der Waals surface area contributed by atoms with E-state index in [1.165, 1.54) is 12.8 Å². The van der Waals surface area contributed by atoms with Gasteiger partial charge in [0.05, 0.1) is 5.60 Å². The molecule has 3 aliphatic rings. The van der Waals surface area contributed by atoms with Crippen molar-refractivity contribution in [3.05, 3.63) is 0 Å². The van der Waals surface area contributed by atoms with Gasteiger partial charge in [-0.1, -0.05) is 6.92 Å². The minimum absolute atomic E-state index is 0.148. The number of nitrogens with two attached hydrogens (primary N) is 1. The second kappa shape index (κ2) is 4.20. The highest BCUT2D eigenvalue weighted by atomic mass is 16.5. The molecule has 2 aliphatic heterocycles. The minimum atomic E-state index is -0.386. The zero-order valence-electron chi connectivity index (χ0n) is 11.8. The normalized spacial score (nSPS) is 38.9. The highest BCUT2D eigenvalue weighted by Gasteiger charge is 2.54. The van der Waals surface area contributed by atoms with E-state index >= 15 is 0 Å². The third kappa shape index (κ3) is 2.04. The minimum Gasteiger partial charge on any atom is -0.385 e. The number of carbonyl (C=O) groups is 1. The number of urea groups is 1. The Morgan fingerprint density at radius 3 is 2.89 bits per heavy atom. The summed E-state index contributed by atoms with van der Waals surface area (Å²) in [7, 11) is 0. The first-order valence-electron chi connectivity index (χ1n) is 7.29. The molecule has 3 rings (SSSR count). The molecule has 0 aromatic rings. The Hall–Kier alpha value is -1.10. The van der Waals surface area contributed by atoms with Gasteiger partial charge in [0, 0.05) is 26.0 Å². The van der Waals surface area contributed by atoms with Crippen molar-refractivity contribution in [2.45, 2.75) is 57.1 Å². The van der Waals surface area contributed by atoms with Crippen molar-refractivity contribution in [1.29, 1.82) is 0 Å². The summed E-state index contributed by atoms with van der Waals surface area (Å²) in [5.74, 6) is 1.15. The van der Waals surface area contributed by atoms with Crippen LogP contribution in [0.4, 0.5) is 4.79 Å². The summed E-state index contributed by atoms with van der Waals surface area (Å²) in [6.07, 6.45) is 4.91. The van der Waals surface area contributed by atoms with Gasteiger partial charge in [0.25, 0.3) is 0 Å². The highest BCUT2D eigenvalue weighted by Crippen LogP contribution is 2.43. The number of carbonyl (C=O) groups excluding carboxylic acids is 1. The molecule has 2 heterocycles. The van der Waals surface area contributed by atoms with Crippen LogP contribution >= 0.6 is 0 Å². The molecule has 0 bridgehead atoms. The van der Waals surface area contributed by atoms with Crippen molar-refractivity contribution in [3.63, 3.8) is 0 Å². The summed E-state index contributed by atoms with van der Waals surface area (Å²) in [6, 6.07) is -0.148. The zero-order valence-corrected chi connectivity index (χ0v) is 11.8. The Bertz CT molecular complexity index is 432. The van der Waals surface area contributed by atoms with E-state index in [1.54, 1.807) is 0 Å². The zero-order chi connectivity index (χ0) is 13.7. The monoisotopic (exact) mass is 265 g/mol. The Morgan fingerprint density at radius 2 is 2.26 bits per heavy atom. The van der Waals surface area contributed by atoms with Crippen molar-refractivity contribution in [2.75, 3.05) is 13.2 Å². The number of aliphatic imine (C=N–C) groups is 1. The maximum absolute atomic E-state index is 12.1. The molecule has 1 spiro atoms. The van der Waals surface area contributed by atoms with E-state index in [4.69, 9.17) is 10.5 Å². The van der Waals surface area contributed by atoms with Crippen LogP contribution in [0.3, 0.4) is 0 Å². The van der Waals surface area contributed by atoms with Crippen LogP contribution in [0, 0.1) is 5.92 Å².